The molecule has 0 heterocycles. The van der Waals surface area contributed by atoms with Crippen LogP contribution in [0.15, 0.2) is 0 Å². The van der Waals surface area contributed by atoms with Gasteiger partial charge in [-0.05, 0) is 20.3 Å². The van der Waals surface area contributed by atoms with Crippen molar-refractivity contribution in [1.29, 1.82) is 0 Å². The smallest absolute Gasteiger partial charge is 0.326 e. The van der Waals surface area contributed by atoms with Crippen molar-refractivity contribution in [1.82, 2.24) is 5.32 Å². The Labute approximate surface area is 112 Å². The molecule has 0 radical (unpaired) electrons. The second-order valence-electron chi connectivity index (χ2n) is 3.98. The molecule has 110 valence electrons. The van der Waals surface area contributed by atoms with Crippen LogP contribution in [0.4, 0.5) is 0 Å². The molecule has 0 spiro atoms. The summed E-state index contributed by atoms with van der Waals surface area (Å²) < 4.78 is 9.66. The van der Waals surface area contributed by atoms with E-state index in [0.29, 0.717) is 6.61 Å². The fourth-order valence-electron chi connectivity index (χ4n) is 1.39. The number of hydrogen-bond donors (Lipinski definition) is 2. The lowest BCUT2D eigenvalue weighted by atomic mass is 10.0. The first kappa shape index (κ1) is 17.4. The third kappa shape index (κ3) is 7.40. The lowest BCUT2D eigenvalue weighted by molar-refractivity contribution is -0.149. The van der Waals surface area contributed by atoms with Gasteiger partial charge in [0.25, 0.3) is 0 Å². The van der Waals surface area contributed by atoms with Crippen LogP contribution in [0.5, 0.6) is 0 Å². The summed E-state index contributed by atoms with van der Waals surface area (Å²) in [5.74, 6) is -2.80. The maximum absolute atomic E-state index is 11.4. The summed E-state index contributed by atoms with van der Waals surface area (Å²) in [4.78, 5) is 33.8. The molecule has 0 aromatic heterocycles. The fourth-order valence-corrected chi connectivity index (χ4v) is 1.39. The van der Waals surface area contributed by atoms with Gasteiger partial charge in [0.05, 0.1) is 12.5 Å². The average Bonchev–Trinajstić information content (AvgIpc) is 2.35. The van der Waals surface area contributed by atoms with Gasteiger partial charge in [0.1, 0.15) is 12.6 Å². The molecule has 0 saturated heterocycles. The number of carboxylic acids is 1. The van der Waals surface area contributed by atoms with E-state index >= 15 is 0 Å². The van der Waals surface area contributed by atoms with Gasteiger partial charge in [0.15, 0.2) is 0 Å². The highest BCUT2D eigenvalue weighted by molar-refractivity contribution is 5.84. The maximum Gasteiger partial charge on any atom is 0.326 e. The lowest BCUT2D eigenvalue weighted by Crippen LogP contribution is -2.44. The van der Waals surface area contributed by atoms with Gasteiger partial charge < -0.3 is 19.9 Å². The van der Waals surface area contributed by atoms with Crippen LogP contribution in [0.1, 0.15) is 27.2 Å². The first-order chi connectivity index (χ1) is 8.92. The highest BCUT2D eigenvalue weighted by atomic mass is 16.5. The summed E-state index contributed by atoms with van der Waals surface area (Å²) in [6.45, 7) is 5.35. The third-order valence-corrected chi connectivity index (χ3v) is 2.35. The average molecular weight is 275 g/mol. The Bertz CT molecular complexity index is 317. The standard InChI is InChI=1S/C12H21NO6/c1-4-18-7-10(14)13-9(11(15)16)6-8(3)12(17)19-5-2/h8-9H,4-7H2,1-3H3,(H,13,14)(H,15,16)/t8-,9-/m0/s1. The van der Waals surface area contributed by atoms with Gasteiger partial charge in [-0.15, -0.1) is 0 Å². The molecule has 0 aliphatic heterocycles. The van der Waals surface area contributed by atoms with E-state index in [-0.39, 0.29) is 19.6 Å². The van der Waals surface area contributed by atoms with E-state index in [1.165, 1.54) is 0 Å². The Balaban J connectivity index is 4.37. The number of ether oxygens (including phenoxy) is 2. The van der Waals surface area contributed by atoms with Crippen LogP contribution in [-0.4, -0.2) is 48.8 Å². The van der Waals surface area contributed by atoms with Crippen molar-refractivity contribution in [3.8, 4) is 0 Å². The van der Waals surface area contributed by atoms with Crippen LogP contribution in [0, 0.1) is 5.92 Å². The molecule has 1 amide bonds. The Kier molecular flexibility index (Phi) is 8.52. The van der Waals surface area contributed by atoms with Gasteiger partial charge in [-0.25, -0.2) is 4.79 Å². The summed E-state index contributed by atoms with van der Waals surface area (Å²) >= 11 is 0. The number of nitrogens with one attached hydrogen (secondary N) is 1. The van der Waals surface area contributed by atoms with Crippen molar-refractivity contribution in [2.24, 2.45) is 5.92 Å². The molecule has 0 saturated carbocycles. The minimum Gasteiger partial charge on any atom is -0.480 e. The fraction of sp³-hybridized carbons (Fsp3) is 0.750. The Morgan fingerprint density at radius 1 is 1.21 bits per heavy atom. The molecule has 7 heteroatoms. The van der Waals surface area contributed by atoms with Crippen LogP contribution in [0.3, 0.4) is 0 Å². The minimum atomic E-state index is -1.19. The van der Waals surface area contributed by atoms with Crippen molar-refractivity contribution in [3.63, 3.8) is 0 Å². The van der Waals surface area contributed by atoms with Crippen molar-refractivity contribution in [2.45, 2.75) is 33.2 Å². The third-order valence-electron chi connectivity index (χ3n) is 2.35. The zero-order valence-corrected chi connectivity index (χ0v) is 11.5. The Morgan fingerprint density at radius 3 is 2.32 bits per heavy atom. The zero-order chi connectivity index (χ0) is 14.8. The predicted octanol–water partition coefficient (Wildman–Crippen LogP) is 0.182. The number of aliphatic carboxylic acids is 1. The summed E-state index contributed by atoms with van der Waals surface area (Å²) in [6.07, 6.45) is -0.0218. The van der Waals surface area contributed by atoms with E-state index < -0.39 is 29.8 Å². The summed E-state index contributed by atoms with van der Waals surface area (Å²) in [6, 6.07) is -1.13. The Morgan fingerprint density at radius 2 is 1.84 bits per heavy atom. The molecular formula is C12H21NO6. The van der Waals surface area contributed by atoms with Crippen LogP contribution >= 0.6 is 0 Å². The highest BCUT2D eigenvalue weighted by Gasteiger charge is 2.26. The normalized spacial score (nSPS) is 13.4. The van der Waals surface area contributed by atoms with Gasteiger partial charge in [-0.3, -0.25) is 9.59 Å². The van der Waals surface area contributed by atoms with Gasteiger partial charge >= 0.3 is 11.9 Å². The number of esters is 1. The molecule has 2 N–H and O–H groups in total. The molecule has 0 aliphatic rings. The topological polar surface area (TPSA) is 102 Å². The van der Waals surface area contributed by atoms with Crippen LogP contribution in [0.2, 0.25) is 0 Å². The number of amides is 1. The Hall–Kier alpha value is -1.63. The number of carbonyl (C=O) groups excluding carboxylic acids is 2. The molecule has 19 heavy (non-hydrogen) atoms. The molecule has 0 rings (SSSR count). The predicted molar refractivity (Wildman–Crippen MR) is 66.5 cm³/mol. The zero-order valence-electron chi connectivity index (χ0n) is 11.5. The SMILES string of the molecule is CCOCC(=O)N[C@@H](C[C@H](C)C(=O)OCC)C(=O)O. The molecule has 0 aliphatic carbocycles. The molecule has 0 unspecified atom stereocenters. The molecule has 2 atom stereocenters. The summed E-state index contributed by atoms with van der Waals surface area (Å²) in [5.41, 5.74) is 0. The van der Waals surface area contributed by atoms with E-state index in [1.807, 2.05) is 0 Å². The van der Waals surface area contributed by atoms with Crippen molar-refractivity contribution in [3.05, 3.63) is 0 Å². The van der Waals surface area contributed by atoms with Gasteiger partial charge in [-0.2, -0.15) is 0 Å². The molecule has 0 fully saturated rings. The first-order valence-electron chi connectivity index (χ1n) is 6.18. The summed E-state index contributed by atoms with van der Waals surface area (Å²) in [7, 11) is 0. The molecule has 0 bridgehead atoms. The number of hydrogen-bond acceptors (Lipinski definition) is 5. The van der Waals surface area contributed by atoms with Gasteiger partial charge in [0.2, 0.25) is 5.91 Å². The van der Waals surface area contributed by atoms with Crippen molar-refractivity contribution >= 4 is 17.8 Å². The van der Waals surface area contributed by atoms with E-state index in [9.17, 15) is 14.4 Å². The lowest BCUT2D eigenvalue weighted by Gasteiger charge is -2.17. The summed E-state index contributed by atoms with van der Waals surface area (Å²) in [5, 5.41) is 11.3. The first-order valence-corrected chi connectivity index (χ1v) is 6.18. The van der Waals surface area contributed by atoms with Crippen LogP contribution < -0.4 is 5.32 Å². The molecule has 0 aromatic carbocycles. The number of carbonyl (C=O) groups is 3. The monoisotopic (exact) mass is 275 g/mol. The second kappa shape index (κ2) is 9.32. The minimum absolute atomic E-state index is 0.0218. The second-order valence-corrected chi connectivity index (χ2v) is 3.98. The highest BCUT2D eigenvalue weighted by Crippen LogP contribution is 2.09. The number of carboxylic acid groups (broad SMARTS) is 1. The number of rotatable bonds is 9. The van der Waals surface area contributed by atoms with E-state index in [4.69, 9.17) is 14.6 Å². The van der Waals surface area contributed by atoms with E-state index in [1.54, 1.807) is 20.8 Å². The maximum atomic E-state index is 11.4. The largest absolute Gasteiger partial charge is 0.480 e. The van der Waals surface area contributed by atoms with Gasteiger partial charge in [0, 0.05) is 6.61 Å². The molecule has 0 aromatic rings. The van der Waals surface area contributed by atoms with Gasteiger partial charge in [-0.1, -0.05) is 6.92 Å². The van der Waals surface area contributed by atoms with E-state index in [2.05, 4.69) is 5.32 Å². The molecular weight excluding hydrogens is 254 g/mol. The van der Waals surface area contributed by atoms with E-state index in [0.717, 1.165) is 0 Å². The molecule has 7 nitrogen and oxygen atoms in total. The quantitative estimate of drug-likeness (QED) is 0.582. The van der Waals surface area contributed by atoms with Crippen molar-refractivity contribution in [2.75, 3.05) is 19.8 Å². The van der Waals surface area contributed by atoms with Crippen LogP contribution in [0.25, 0.3) is 0 Å². The van der Waals surface area contributed by atoms with Crippen LogP contribution in [-0.2, 0) is 23.9 Å². The van der Waals surface area contributed by atoms with Crippen molar-refractivity contribution < 1.29 is 29.0 Å².